The van der Waals surface area contributed by atoms with Gasteiger partial charge < -0.3 is 19.6 Å². The first-order valence-electron chi connectivity index (χ1n) is 12.6. The molecule has 182 valence electrons. The van der Waals surface area contributed by atoms with Gasteiger partial charge in [0, 0.05) is 37.6 Å². The number of aliphatic hydroxyl groups is 1. The van der Waals surface area contributed by atoms with Crippen LogP contribution in [0.5, 0.6) is 5.75 Å². The normalized spacial score (nSPS) is 11.5. The zero-order chi connectivity index (χ0) is 24.7. The molecule has 3 aromatic rings. The van der Waals surface area contributed by atoms with Crippen LogP contribution >= 0.6 is 0 Å². The van der Waals surface area contributed by atoms with E-state index in [0.717, 1.165) is 60.0 Å². The molecule has 0 fully saturated rings. The van der Waals surface area contributed by atoms with E-state index in [-0.39, 0.29) is 6.10 Å². The number of nitrogens with zero attached hydrogens (tertiary/aromatic N) is 2. The molecule has 0 saturated carbocycles. The Hall–Kier alpha value is -2.98. The third-order valence-corrected chi connectivity index (χ3v) is 6.47. The lowest BCUT2D eigenvalue weighted by Crippen LogP contribution is -2.29. The highest BCUT2D eigenvalue weighted by Crippen LogP contribution is 2.38. The van der Waals surface area contributed by atoms with Crippen molar-refractivity contribution in [3.63, 3.8) is 0 Å². The molecule has 3 rings (SSSR count). The van der Waals surface area contributed by atoms with E-state index in [1.165, 1.54) is 0 Å². The van der Waals surface area contributed by atoms with E-state index in [9.17, 15) is 5.11 Å². The molecular weight excluding hydrogens is 420 g/mol. The van der Waals surface area contributed by atoms with Gasteiger partial charge in [-0.2, -0.15) is 0 Å². The zero-order valence-electron chi connectivity index (χ0n) is 21.6. The summed E-state index contributed by atoms with van der Waals surface area (Å²) in [4.78, 5) is 4.61. The Morgan fingerprint density at radius 1 is 0.618 bits per heavy atom. The van der Waals surface area contributed by atoms with Crippen molar-refractivity contribution in [3.05, 3.63) is 89.5 Å². The van der Waals surface area contributed by atoms with E-state index in [2.05, 4.69) is 61.8 Å². The first kappa shape index (κ1) is 25.6. The first-order valence-corrected chi connectivity index (χ1v) is 12.6. The highest BCUT2D eigenvalue weighted by molar-refractivity contribution is 5.56. The van der Waals surface area contributed by atoms with Gasteiger partial charge in [0.25, 0.3) is 0 Å². The van der Waals surface area contributed by atoms with Crippen LogP contribution in [0, 0.1) is 0 Å². The van der Waals surface area contributed by atoms with Gasteiger partial charge >= 0.3 is 0 Å². The number of benzene rings is 3. The molecule has 1 N–H and O–H groups in total. The minimum Gasteiger partial charge on any atom is -0.491 e. The Labute approximate surface area is 205 Å². The molecular formula is C30H40N2O2. The van der Waals surface area contributed by atoms with E-state index in [1.54, 1.807) is 0 Å². The third kappa shape index (κ3) is 5.39. The number of rotatable bonds is 11. The second-order valence-electron chi connectivity index (χ2n) is 8.84. The van der Waals surface area contributed by atoms with Crippen molar-refractivity contribution < 1.29 is 9.84 Å². The molecule has 0 radical (unpaired) electrons. The van der Waals surface area contributed by atoms with Gasteiger partial charge in [0.15, 0.2) is 0 Å². The lowest BCUT2D eigenvalue weighted by molar-refractivity contribution is 0.125. The van der Waals surface area contributed by atoms with E-state index < -0.39 is 5.60 Å². The summed E-state index contributed by atoms with van der Waals surface area (Å²) in [6.07, 6.45) is 0.102. The average Bonchev–Trinajstić information content (AvgIpc) is 2.86. The fourth-order valence-electron chi connectivity index (χ4n) is 4.55. The summed E-state index contributed by atoms with van der Waals surface area (Å²) in [5, 5.41) is 12.3. The Kier molecular flexibility index (Phi) is 8.62. The molecule has 0 amide bonds. The maximum atomic E-state index is 12.3. The second-order valence-corrected chi connectivity index (χ2v) is 8.84. The maximum absolute atomic E-state index is 12.3. The summed E-state index contributed by atoms with van der Waals surface area (Å²) in [6.45, 7) is 16.5. The van der Waals surface area contributed by atoms with E-state index >= 15 is 0 Å². The highest BCUT2D eigenvalue weighted by atomic mass is 16.5. The van der Waals surface area contributed by atoms with Crippen molar-refractivity contribution in [2.75, 3.05) is 36.0 Å². The second kappa shape index (κ2) is 11.4. The molecule has 0 aliphatic carbocycles. The van der Waals surface area contributed by atoms with Crippen molar-refractivity contribution in [1.82, 2.24) is 0 Å². The van der Waals surface area contributed by atoms with Crippen molar-refractivity contribution in [3.8, 4) is 5.75 Å². The topological polar surface area (TPSA) is 35.9 Å². The highest BCUT2D eigenvalue weighted by Gasteiger charge is 2.34. The van der Waals surface area contributed by atoms with Crippen LogP contribution in [-0.2, 0) is 5.60 Å². The predicted octanol–water partition coefficient (Wildman–Crippen LogP) is 6.45. The molecule has 0 bridgehead atoms. The SMILES string of the molecule is CCN(CC)c1ccc(C(O)(c2ccc(OC(C)C)cc2)c2ccc(N(CC)CC)cc2)cc1. The van der Waals surface area contributed by atoms with Crippen LogP contribution in [-0.4, -0.2) is 37.4 Å². The fourth-order valence-corrected chi connectivity index (χ4v) is 4.55. The molecule has 4 heteroatoms. The molecule has 3 aromatic carbocycles. The monoisotopic (exact) mass is 460 g/mol. The van der Waals surface area contributed by atoms with Gasteiger partial charge in [0.2, 0.25) is 0 Å². The van der Waals surface area contributed by atoms with Crippen LogP contribution in [0.15, 0.2) is 72.8 Å². The van der Waals surface area contributed by atoms with E-state index in [4.69, 9.17) is 4.74 Å². The number of hydrogen-bond donors (Lipinski definition) is 1. The van der Waals surface area contributed by atoms with Gasteiger partial charge in [0.1, 0.15) is 11.4 Å². The van der Waals surface area contributed by atoms with Gasteiger partial charge in [-0.3, -0.25) is 0 Å². The summed E-state index contributed by atoms with van der Waals surface area (Å²) in [5.41, 5.74) is 3.55. The number of anilines is 2. The quantitative estimate of drug-likeness (QED) is 0.334. The van der Waals surface area contributed by atoms with Crippen LogP contribution in [0.25, 0.3) is 0 Å². The molecule has 34 heavy (non-hydrogen) atoms. The molecule has 0 aromatic heterocycles. The number of ether oxygens (including phenoxy) is 1. The minimum absolute atomic E-state index is 0.102. The van der Waals surface area contributed by atoms with Crippen LogP contribution in [0.1, 0.15) is 58.2 Å². The Morgan fingerprint density at radius 2 is 0.941 bits per heavy atom. The summed E-state index contributed by atoms with van der Waals surface area (Å²) in [5.74, 6) is 0.801. The lowest BCUT2D eigenvalue weighted by Gasteiger charge is -2.32. The molecule has 0 saturated heterocycles. The minimum atomic E-state index is -1.28. The fraction of sp³-hybridized carbons (Fsp3) is 0.400. The summed E-state index contributed by atoms with van der Waals surface area (Å²) >= 11 is 0. The van der Waals surface area contributed by atoms with Crippen LogP contribution in [0.3, 0.4) is 0 Å². The third-order valence-electron chi connectivity index (χ3n) is 6.47. The predicted molar refractivity (Wildman–Crippen MR) is 144 cm³/mol. The van der Waals surface area contributed by atoms with Gasteiger partial charge in [-0.1, -0.05) is 36.4 Å². The Balaban J connectivity index is 2.08. The maximum Gasteiger partial charge on any atom is 0.140 e. The molecule has 4 nitrogen and oxygen atoms in total. The summed E-state index contributed by atoms with van der Waals surface area (Å²) < 4.78 is 5.83. The standard InChI is InChI=1S/C30H40N2O2/c1-7-31(8-2)27-17-11-24(12-18-27)30(33,26-15-21-29(22-16-26)34-23(5)6)25-13-19-28(20-14-25)32(9-3)10-4/h11-23,33H,7-10H2,1-6H3. The Morgan fingerprint density at radius 3 is 1.24 bits per heavy atom. The summed E-state index contributed by atoms with van der Waals surface area (Å²) in [6, 6.07) is 24.4. The average molecular weight is 461 g/mol. The zero-order valence-corrected chi connectivity index (χ0v) is 21.6. The van der Waals surface area contributed by atoms with Gasteiger partial charge in [0.05, 0.1) is 6.10 Å². The van der Waals surface area contributed by atoms with Gasteiger partial charge in [-0.25, -0.2) is 0 Å². The van der Waals surface area contributed by atoms with Crippen LogP contribution < -0.4 is 14.5 Å². The molecule has 0 aliphatic rings. The van der Waals surface area contributed by atoms with Crippen molar-refractivity contribution in [1.29, 1.82) is 0 Å². The van der Waals surface area contributed by atoms with E-state index in [1.807, 2.05) is 62.4 Å². The largest absolute Gasteiger partial charge is 0.491 e. The Bertz CT molecular complexity index is 948. The van der Waals surface area contributed by atoms with Crippen LogP contribution in [0.4, 0.5) is 11.4 Å². The van der Waals surface area contributed by atoms with E-state index in [0.29, 0.717) is 0 Å². The number of hydrogen-bond acceptors (Lipinski definition) is 4. The molecule has 0 heterocycles. The van der Waals surface area contributed by atoms with Gasteiger partial charge in [-0.05, 0) is 94.6 Å². The first-order chi connectivity index (χ1) is 16.4. The van der Waals surface area contributed by atoms with Gasteiger partial charge in [-0.15, -0.1) is 0 Å². The molecule has 0 aliphatic heterocycles. The summed E-state index contributed by atoms with van der Waals surface area (Å²) in [7, 11) is 0. The van der Waals surface area contributed by atoms with Crippen molar-refractivity contribution in [2.45, 2.75) is 53.2 Å². The lowest BCUT2D eigenvalue weighted by atomic mass is 9.80. The smallest absolute Gasteiger partial charge is 0.140 e. The van der Waals surface area contributed by atoms with Crippen LogP contribution in [0.2, 0.25) is 0 Å². The molecule has 0 spiro atoms. The molecule has 0 atom stereocenters. The van der Waals surface area contributed by atoms with Crippen molar-refractivity contribution >= 4 is 11.4 Å². The van der Waals surface area contributed by atoms with Crippen molar-refractivity contribution in [2.24, 2.45) is 0 Å². The molecule has 0 unspecified atom stereocenters.